The van der Waals surface area contributed by atoms with Crippen LogP contribution in [0.4, 0.5) is 4.39 Å². The second kappa shape index (κ2) is 8.22. The van der Waals surface area contributed by atoms with Crippen molar-refractivity contribution in [2.24, 2.45) is 0 Å². The van der Waals surface area contributed by atoms with Crippen LogP contribution in [0.25, 0.3) is 0 Å². The second-order valence-electron chi connectivity index (χ2n) is 7.05. The molecule has 3 rings (SSSR count). The molecule has 1 saturated heterocycles. The van der Waals surface area contributed by atoms with E-state index in [1.165, 1.54) is 44.2 Å². The van der Waals surface area contributed by atoms with Gasteiger partial charge in [-0.1, -0.05) is 31.4 Å². The normalized spacial score (nSPS) is 24.9. The van der Waals surface area contributed by atoms with Crippen LogP contribution < -0.4 is 0 Å². The summed E-state index contributed by atoms with van der Waals surface area (Å²) < 4.78 is 13.1. The lowest BCUT2D eigenvalue weighted by molar-refractivity contribution is 0.0222. The highest BCUT2D eigenvalue weighted by Gasteiger charge is 2.30. The van der Waals surface area contributed by atoms with Crippen LogP contribution in [0.15, 0.2) is 24.3 Å². The third-order valence-electron chi connectivity index (χ3n) is 5.49. The van der Waals surface area contributed by atoms with Gasteiger partial charge in [0, 0.05) is 44.9 Å². The summed E-state index contributed by atoms with van der Waals surface area (Å²) in [6, 6.07) is 7.97. The van der Waals surface area contributed by atoms with E-state index in [0.717, 1.165) is 44.2 Å². The Hall–Kier alpha value is -0.970. The molecule has 0 unspecified atom stereocenters. The summed E-state index contributed by atoms with van der Waals surface area (Å²) in [4.78, 5) is 5.11. The molecule has 1 atom stereocenters. The maximum absolute atomic E-state index is 13.1. The summed E-state index contributed by atoms with van der Waals surface area (Å²) in [7, 11) is 0. The Labute approximate surface area is 139 Å². The van der Waals surface area contributed by atoms with E-state index < -0.39 is 0 Å². The van der Waals surface area contributed by atoms with Gasteiger partial charge >= 0.3 is 0 Å². The van der Waals surface area contributed by atoms with Crippen molar-refractivity contribution < 1.29 is 9.50 Å². The first-order chi connectivity index (χ1) is 11.3. The van der Waals surface area contributed by atoms with E-state index in [4.69, 9.17) is 0 Å². The lowest BCUT2D eigenvalue weighted by Gasteiger charge is -2.45. The molecule has 0 spiro atoms. The number of rotatable bonds is 5. The molecule has 0 radical (unpaired) electrons. The average Bonchev–Trinajstić information content (AvgIpc) is 2.59. The molecule has 3 nitrogen and oxygen atoms in total. The largest absolute Gasteiger partial charge is 0.396 e. The van der Waals surface area contributed by atoms with Crippen LogP contribution in [0, 0.1) is 5.82 Å². The van der Waals surface area contributed by atoms with Crippen molar-refractivity contribution in [3.63, 3.8) is 0 Å². The molecule has 2 fully saturated rings. The highest BCUT2D eigenvalue weighted by molar-refractivity contribution is 5.16. The molecule has 4 heteroatoms. The zero-order chi connectivity index (χ0) is 16.1. The molecule has 0 aromatic heterocycles. The van der Waals surface area contributed by atoms with E-state index in [1.807, 2.05) is 12.1 Å². The van der Waals surface area contributed by atoms with Gasteiger partial charge in [0.05, 0.1) is 0 Å². The molecular weight excluding hydrogens is 291 g/mol. The fourth-order valence-corrected chi connectivity index (χ4v) is 4.15. The van der Waals surface area contributed by atoms with Crippen molar-refractivity contribution in [2.45, 2.75) is 57.2 Å². The van der Waals surface area contributed by atoms with Crippen molar-refractivity contribution in [3.8, 4) is 0 Å². The molecule has 1 heterocycles. The van der Waals surface area contributed by atoms with Crippen molar-refractivity contribution >= 4 is 0 Å². The number of halogens is 1. The number of aliphatic hydroxyl groups is 1. The van der Waals surface area contributed by atoms with Gasteiger partial charge in [0.2, 0.25) is 0 Å². The number of benzene rings is 1. The van der Waals surface area contributed by atoms with Crippen LogP contribution in [0.1, 0.15) is 44.1 Å². The van der Waals surface area contributed by atoms with Crippen LogP contribution in [0.3, 0.4) is 0 Å². The van der Waals surface area contributed by atoms with Gasteiger partial charge < -0.3 is 5.11 Å². The molecule has 2 aliphatic rings. The van der Waals surface area contributed by atoms with Gasteiger partial charge in [-0.3, -0.25) is 9.80 Å². The number of hydrogen-bond acceptors (Lipinski definition) is 3. The molecule has 1 aliphatic heterocycles. The Morgan fingerprint density at radius 3 is 2.48 bits per heavy atom. The van der Waals surface area contributed by atoms with Crippen molar-refractivity contribution in [1.82, 2.24) is 9.80 Å². The SMILES string of the molecule is OCC[C@@H]1CN(C2CCCCC2)CCN1Cc1ccc(F)cc1. The standard InChI is InChI=1S/C19H29FN2O/c20-17-8-6-16(7-9-17)14-21-11-12-22(15-19(21)10-13-23)18-4-2-1-3-5-18/h6-9,18-19,23H,1-5,10-15H2/t19-/m1/s1. The number of nitrogens with zero attached hydrogens (tertiary/aromatic N) is 2. The topological polar surface area (TPSA) is 26.7 Å². The van der Waals surface area contributed by atoms with E-state index in [2.05, 4.69) is 9.80 Å². The summed E-state index contributed by atoms with van der Waals surface area (Å²) in [5.41, 5.74) is 1.15. The van der Waals surface area contributed by atoms with E-state index in [9.17, 15) is 9.50 Å². The van der Waals surface area contributed by atoms with Gasteiger partial charge in [-0.05, 0) is 37.0 Å². The maximum atomic E-state index is 13.1. The van der Waals surface area contributed by atoms with Crippen LogP contribution in [0.5, 0.6) is 0 Å². The summed E-state index contributed by atoms with van der Waals surface area (Å²) in [6.45, 7) is 4.31. The van der Waals surface area contributed by atoms with Crippen molar-refractivity contribution in [1.29, 1.82) is 0 Å². The average molecular weight is 320 g/mol. The number of hydrogen-bond donors (Lipinski definition) is 1. The zero-order valence-electron chi connectivity index (χ0n) is 14.0. The Kier molecular flexibility index (Phi) is 6.03. The summed E-state index contributed by atoms with van der Waals surface area (Å²) in [5, 5.41) is 9.44. The monoisotopic (exact) mass is 320 g/mol. The van der Waals surface area contributed by atoms with Gasteiger partial charge in [0.15, 0.2) is 0 Å². The van der Waals surface area contributed by atoms with Gasteiger partial charge in [0.25, 0.3) is 0 Å². The van der Waals surface area contributed by atoms with E-state index in [1.54, 1.807) is 0 Å². The Balaban J connectivity index is 1.61. The summed E-state index contributed by atoms with van der Waals surface area (Å²) in [6.07, 6.45) is 7.62. The highest BCUT2D eigenvalue weighted by Crippen LogP contribution is 2.26. The molecule has 128 valence electrons. The summed E-state index contributed by atoms with van der Waals surface area (Å²) in [5.74, 6) is -0.178. The second-order valence-corrected chi connectivity index (χ2v) is 7.05. The van der Waals surface area contributed by atoms with Gasteiger partial charge in [-0.2, -0.15) is 0 Å². The third kappa shape index (κ3) is 4.52. The minimum atomic E-state index is -0.178. The lowest BCUT2D eigenvalue weighted by Crippen LogP contribution is -2.56. The predicted octanol–water partition coefficient (Wildman–Crippen LogP) is 3.03. The first kappa shape index (κ1) is 16.9. The minimum Gasteiger partial charge on any atom is -0.396 e. The van der Waals surface area contributed by atoms with Crippen molar-refractivity contribution in [3.05, 3.63) is 35.6 Å². The van der Waals surface area contributed by atoms with Crippen molar-refractivity contribution in [2.75, 3.05) is 26.2 Å². The lowest BCUT2D eigenvalue weighted by atomic mass is 9.93. The molecule has 1 aliphatic carbocycles. The first-order valence-corrected chi connectivity index (χ1v) is 9.09. The molecular formula is C19H29FN2O. The van der Waals surface area contributed by atoms with Gasteiger partial charge in [-0.25, -0.2) is 4.39 Å². The Morgan fingerprint density at radius 1 is 1.04 bits per heavy atom. The van der Waals surface area contributed by atoms with Crippen LogP contribution in [-0.4, -0.2) is 53.2 Å². The van der Waals surface area contributed by atoms with Gasteiger partial charge in [-0.15, -0.1) is 0 Å². The predicted molar refractivity (Wildman–Crippen MR) is 90.7 cm³/mol. The third-order valence-corrected chi connectivity index (χ3v) is 5.49. The van der Waals surface area contributed by atoms with E-state index in [0.29, 0.717) is 6.04 Å². The quantitative estimate of drug-likeness (QED) is 0.903. The Morgan fingerprint density at radius 2 is 1.78 bits per heavy atom. The first-order valence-electron chi connectivity index (χ1n) is 9.09. The molecule has 1 N–H and O–H groups in total. The molecule has 23 heavy (non-hydrogen) atoms. The molecule has 1 aromatic carbocycles. The van der Waals surface area contributed by atoms with E-state index >= 15 is 0 Å². The van der Waals surface area contributed by atoms with Gasteiger partial charge in [0.1, 0.15) is 5.82 Å². The molecule has 1 saturated carbocycles. The fraction of sp³-hybridized carbons (Fsp3) is 0.684. The van der Waals surface area contributed by atoms with Crippen LogP contribution in [-0.2, 0) is 6.54 Å². The van der Waals surface area contributed by atoms with Crippen LogP contribution >= 0.6 is 0 Å². The van der Waals surface area contributed by atoms with E-state index in [-0.39, 0.29) is 12.4 Å². The molecule has 1 aromatic rings. The fourth-order valence-electron chi connectivity index (χ4n) is 4.15. The molecule has 0 amide bonds. The minimum absolute atomic E-state index is 0.178. The van der Waals surface area contributed by atoms with Crippen LogP contribution in [0.2, 0.25) is 0 Å². The Bertz CT molecular complexity index is 473. The zero-order valence-corrected chi connectivity index (χ0v) is 14.0. The molecule has 0 bridgehead atoms. The maximum Gasteiger partial charge on any atom is 0.123 e. The highest BCUT2D eigenvalue weighted by atomic mass is 19.1. The number of aliphatic hydroxyl groups excluding tert-OH is 1. The smallest absolute Gasteiger partial charge is 0.123 e. The number of piperazine rings is 1. The summed E-state index contributed by atoms with van der Waals surface area (Å²) >= 11 is 0.